The molecule has 0 bridgehead atoms. The molecule has 0 radical (unpaired) electrons. The summed E-state index contributed by atoms with van der Waals surface area (Å²) in [6.45, 7) is 5.41. The molecule has 106 valence electrons. The first-order chi connectivity index (χ1) is 9.08. The molecule has 0 aliphatic carbocycles. The Balaban J connectivity index is 1.86. The van der Waals surface area contributed by atoms with E-state index in [2.05, 4.69) is 15.7 Å². The van der Waals surface area contributed by atoms with Gasteiger partial charge in [-0.15, -0.1) is 0 Å². The van der Waals surface area contributed by atoms with E-state index in [-0.39, 0.29) is 18.1 Å². The highest BCUT2D eigenvalue weighted by atomic mass is 16.5. The maximum Gasteiger partial charge on any atom is 0.315 e. The molecule has 19 heavy (non-hydrogen) atoms. The number of carbonyl (C=O) groups excluding carboxylic acids is 1. The van der Waals surface area contributed by atoms with Gasteiger partial charge < -0.3 is 15.4 Å². The standard InChI is InChI=1S/C13H22N4O2/c1-9(12-8-14-17(3)10(12)2)15-13(18)16-11-4-6-19-7-5-11/h8-9,11H,4-7H2,1-3H3,(H2,15,16,18). The van der Waals surface area contributed by atoms with Crippen molar-refractivity contribution in [1.82, 2.24) is 20.4 Å². The van der Waals surface area contributed by atoms with E-state index in [1.807, 2.05) is 25.6 Å². The number of rotatable bonds is 3. The van der Waals surface area contributed by atoms with Gasteiger partial charge in [0.25, 0.3) is 0 Å². The SMILES string of the molecule is Cc1c(C(C)NC(=O)NC2CCOCC2)cnn1C. The molecule has 2 amide bonds. The van der Waals surface area contributed by atoms with Crippen LogP contribution in [0.3, 0.4) is 0 Å². The predicted molar refractivity (Wildman–Crippen MR) is 71.9 cm³/mol. The first-order valence-electron chi connectivity index (χ1n) is 6.71. The summed E-state index contributed by atoms with van der Waals surface area (Å²) in [4.78, 5) is 11.9. The molecule has 2 rings (SSSR count). The largest absolute Gasteiger partial charge is 0.381 e. The van der Waals surface area contributed by atoms with E-state index >= 15 is 0 Å². The van der Waals surface area contributed by atoms with E-state index in [9.17, 15) is 4.79 Å². The number of urea groups is 1. The van der Waals surface area contributed by atoms with E-state index in [0.717, 1.165) is 37.3 Å². The third kappa shape index (κ3) is 3.47. The Labute approximate surface area is 113 Å². The molecule has 6 heteroatoms. The molecule has 0 saturated carbocycles. The zero-order valence-corrected chi connectivity index (χ0v) is 11.8. The molecule has 1 aromatic rings. The second-order valence-electron chi connectivity index (χ2n) is 5.04. The summed E-state index contributed by atoms with van der Waals surface area (Å²) in [5.41, 5.74) is 2.11. The fourth-order valence-corrected chi connectivity index (χ4v) is 2.28. The predicted octanol–water partition coefficient (Wildman–Crippen LogP) is 1.27. The van der Waals surface area contributed by atoms with Gasteiger partial charge in [-0.3, -0.25) is 4.68 Å². The molecule has 1 aliphatic heterocycles. The van der Waals surface area contributed by atoms with Crippen LogP contribution >= 0.6 is 0 Å². The van der Waals surface area contributed by atoms with Crippen LogP contribution in [0.15, 0.2) is 6.20 Å². The lowest BCUT2D eigenvalue weighted by molar-refractivity contribution is 0.0800. The van der Waals surface area contributed by atoms with Gasteiger partial charge in [-0.2, -0.15) is 5.10 Å². The van der Waals surface area contributed by atoms with Gasteiger partial charge in [-0.05, 0) is 26.7 Å². The molecule has 1 fully saturated rings. The lowest BCUT2D eigenvalue weighted by atomic mass is 10.1. The zero-order valence-electron chi connectivity index (χ0n) is 11.8. The molecular weight excluding hydrogens is 244 g/mol. The third-order valence-electron chi connectivity index (χ3n) is 3.64. The fourth-order valence-electron chi connectivity index (χ4n) is 2.28. The van der Waals surface area contributed by atoms with Crippen LogP contribution in [0.5, 0.6) is 0 Å². The second-order valence-corrected chi connectivity index (χ2v) is 5.04. The van der Waals surface area contributed by atoms with Gasteiger partial charge in [0, 0.05) is 37.6 Å². The summed E-state index contributed by atoms with van der Waals surface area (Å²) in [7, 11) is 1.90. The number of carbonyl (C=O) groups is 1. The number of amides is 2. The van der Waals surface area contributed by atoms with Gasteiger partial charge in [-0.1, -0.05) is 0 Å². The molecule has 6 nitrogen and oxygen atoms in total. The number of hydrogen-bond acceptors (Lipinski definition) is 3. The van der Waals surface area contributed by atoms with Crippen molar-refractivity contribution in [1.29, 1.82) is 0 Å². The smallest absolute Gasteiger partial charge is 0.315 e. The summed E-state index contributed by atoms with van der Waals surface area (Å²) < 4.78 is 7.08. The van der Waals surface area contributed by atoms with Gasteiger partial charge in [0.05, 0.1) is 12.2 Å². The number of nitrogens with zero attached hydrogens (tertiary/aromatic N) is 2. The Morgan fingerprint density at radius 1 is 1.53 bits per heavy atom. The first-order valence-corrected chi connectivity index (χ1v) is 6.71. The topological polar surface area (TPSA) is 68.2 Å². The molecular formula is C13H22N4O2. The maximum atomic E-state index is 11.9. The number of aryl methyl sites for hydroxylation is 1. The Morgan fingerprint density at radius 2 is 2.21 bits per heavy atom. The Morgan fingerprint density at radius 3 is 2.79 bits per heavy atom. The Hall–Kier alpha value is -1.56. The van der Waals surface area contributed by atoms with Crippen molar-refractivity contribution in [2.75, 3.05) is 13.2 Å². The summed E-state index contributed by atoms with van der Waals surface area (Å²) in [5.74, 6) is 0. The van der Waals surface area contributed by atoms with Crippen molar-refractivity contribution in [2.45, 2.75) is 38.8 Å². The highest BCUT2D eigenvalue weighted by Gasteiger charge is 2.18. The molecule has 1 aliphatic rings. The number of nitrogens with one attached hydrogen (secondary N) is 2. The summed E-state index contributed by atoms with van der Waals surface area (Å²) in [5, 5.41) is 10.1. The quantitative estimate of drug-likeness (QED) is 0.865. The number of ether oxygens (including phenoxy) is 1. The molecule has 1 atom stereocenters. The highest BCUT2D eigenvalue weighted by Crippen LogP contribution is 2.15. The second kappa shape index (κ2) is 6.06. The van der Waals surface area contributed by atoms with Gasteiger partial charge in [0.1, 0.15) is 0 Å². The average molecular weight is 266 g/mol. The van der Waals surface area contributed by atoms with Crippen molar-refractivity contribution >= 4 is 6.03 Å². The minimum Gasteiger partial charge on any atom is -0.381 e. The van der Waals surface area contributed by atoms with Crippen LogP contribution in [-0.2, 0) is 11.8 Å². The van der Waals surface area contributed by atoms with E-state index in [1.165, 1.54) is 0 Å². The van der Waals surface area contributed by atoms with Crippen molar-refractivity contribution in [3.05, 3.63) is 17.5 Å². The van der Waals surface area contributed by atoms with Crippen molar-refractivity contribution in [2.24, 2.45) is 7.05 Å². The van der Waals surface area contributed by atoms with Crippen LogP contribution in [0.4, 0.5) is 4.79 Å². The highest BCUT2D eigenvalue weighted by molar-refractivity contribution is 5.74. The normalized spacial score (nSPS) is 18.1. The van der Waals surface area contributed by atoms with Gasteiger partial charge in [-0.25, -0.2) is 4.79 Å². The monoisotopic (exact) mass is 266 g/mol. The molecule has 1 aromatic heterocycles. The molecule has 1 saturated heterocycles. The molecule has 0 aromatic carbocycles. The average Bonchev–Trinajstić information content (AvgIpc) is 2.71. The van der Waals surface area contributed by atoms with Crippen LogP contribution in [0, 0.1) is 6.92 Å². The molecule has 2 N–H and O–H groups in total. The van der Waals surface area contributed by atoms with Gasteiger partial charge >= 0.3 is 6.03 Å². The van der Waals surface area contributed by atoms with Crippen LogP contribution in [0.25, 0.3) is 0 Å². The summed E-state index contributed by atoms with van der Waals surface area (Å²) in [6, 6.07) is 0.0483. The first kappa shape index (κ1) is 13.9. The van der Waals surface area contributed by atoms with Crippen LogP contribution in [0.1, 0.15) is 37.1 Å². The van der Waals surface area contributed by atoms with Crippen molar-refractivity contribution < 1.29 is 9.53 Å². The van der Waals surface area contributed by atoms with E-state index in [0.29, 0.717) is 0 Å². The fraction of sp³-hybridized carbons (Fsp3) is 0.692. The van der Waals surface area contributed by atoms with Crippen LogP contribution < -0.4 is 10.6 Å². The van der Waals surface area contributed by atoms with E-state index in [4.69, 9.17) is 4.74 Å². The van der Waals surface area contributed by atoms with Gasteiger partial charge in [0.15, 0.2) is 0 Å². The zero-order chi connectivity index (χ0) is 13.8. The minimum atomic E-state index is -0.123. The lowest BCUT2D eigenvalue weighted by Crippen LogP contribution is -2.45. The van der Waals surface area contributed by atoms with Crippen LogP contribution in [0.2, 0.25) is 0 Å². The summed E-state index contributed by atoms with van der Waals surface area (Å²) in [6.07, 6.45) is 3.57. The Kier molecular flexibility index (Phi) is 4.42. The van der Waals surface area contributed by atoms with Crippen molar-refractivity contribution in [3.63, 3.8) is 0 Å². The minimum absolute atomic E-state index is 0.0476. The lowest BCUT2D eigenvalue weighted by Gasteiger charge is -2.24. The maximum absolute atomic E-state index is 11.9. The van der Waals surface area contributed by atoms with E-state index < -0.39 is 0 Å². The Bertz CT molecular complexity index is 438. The van der Waals surface area contributed by atoms with E-state index in [1.54, 1.807) is 6.20 Å². The third-order valence-corrected chi connectivity index (χ3v) is 3.64. The summed E-state index contributed by atoms with van der Waals surface area (Å²) >= 11 is 0. The molecule has 2 heterocycles. The number of hydrogen-bond donors (Lipinski definition) is 2. The van der Waals surface area contributed by atoms with Crippen LogP contribution in [-0.4, -0.2) is 35.1 Å². The molecule has 1 unspecified atom stereocenters. The van der Waals surface area contributed by atoms with Gasteiger partial charge in [0.2, 0.25) is 0 Å². The molecule has 0 spiro atoms. The van der Waals surface area contributed by atoms with Crippen molar-refractivity contribution in [3.8, 4) is 0 Å². The number of aromatic nitrogens is 2.